The lowest BCUT2D eigenvalue weighted by molar-refractivity contribution is -0.0948. The summed E-state index contributed by atoms with van der Waals surface area (Å²) in [6.45, 7) is 11.0. The fraction of sp³-hybridized carbons (Fsp3) is 0.588. The molecule has 1 heterocycles. The summed E-state index contributed by atoms with van der Waals surface area (Å²) in [5.41, 5.74) is 0.619. The zero-order chi connectivity index (χ0) is 15.5. The predicted molar refractivity (Wildman–Crippen MR) is 84.4 cm³/mol. The Morgan fingerprint density at radius 1 is 1.24 bits per heavy atom. The average Bonchev–Trinajstić information content (AvgIpc) is 2.45. The lowest BCUT2D eigenvalue weighted by Gasteiger charge is -2.45. The monoisotopic (exact) mass is 290 g/mol. The van der Waals surface area contributed by atoms with Gasteiger partial charge in [0.1, 0.15) is 0 Å². The van der Waals surface area contributed by atoms with Gasteiger partial charge in [0, 0.05) is 30.7 Å². The van der Waals surface area contributed by atoms with Gasteiger partial charge in [-0.15, -0.1) is 0 Å². The van der Waals surface area contributed by atoms with E-state index < -0.39 is 0 Å². The third-order valence-corrected chi connectivity index (χ3v) is 3.99. The first-order valence-electron chi connectivity index (χ1n) is 7.62. The predicted octanol–water partition coefficient (Wildman–Crippen LogP) is 2.30. The molecule has 0 radical (unpaired) electrons. The van der Waals surface area contributed by atoms with Crippen LogP contribution in [0, 0.1) is 0 Å². The van der Waals surface area contributed by atoms with Crippen LogP contribution in [0.5, 0.6) is 0 Å². The van der Waals surface area contributed by atoms with Gasteiger partial charge in [0.05, 0.1) is 12.2 Å². The van der Waals surface area contributed by atoms with Crippen molar-refractivity contribution in [3.05, 3.63) is 35.9 Å². The van der Waals surface area contributed by atoms with Crippen LogP contribution in [0.3, 0.4) is 0 Å². The Kier molecular flexibility index (Phi) is 5.01. The molecule has 1 saturated heterocycles. The molecule has 1 aromatic carbocycles. The van der Waals surface area contributed by atoms with Crippen molar-refractivity contribution in [1.29, 1.82) is 0 Å². The summed E-state index contributed by atoms with van der Waals surface area (Å²) in [4.78, 5) is 14.5. The normalized spacial score (nSPS) is 23.8. The van der Waals surface area contributed by atoms with Crippen molar-refractivity contribution in [2.24, 2.45) is 0 Å². The molecule has 4 heteroatoms. The average molecular weight is 290 g/mol. The van der Waals surface area contributed by atoms with E-state index in [2.05, 4.69) is 37.9 Å². The van der Waals surface area contributed by atoms with Crippen LogP contribution in [0.15, 0.2) is 30.3 Å². The molecule has 1 aliphatic heterocycles. The van der Waals surface area contributed by atoms with E-state index in [-0.39, 0.29) is 23.7 Å². The Morgan fingerprint density at radius 3 is 2.38 bits per heavy atom. The van der Waals surface area contributed by atoms with E-state index in [1.54, 1.807) is 0 Å². The summed E-state index contributed by atoms with van der Waals surface area (Å²) in [5.74, 6) is -0.0157. The zero-order valence-electron chi connectivity index (χ0n) is 13.4. The maximum Gasteiger partial charge on any atom is 0.251 e. The molecule has 0 aromatic heterocycles. The molecule has 1 aliphatic rings. The van der Waals surface area contributed by atoms with Crippen molar-refractivity contribution in [1.82, 2.24) is 10.2 Å². The SMILES string of the molecule is C[C@H]1CN(C(C)(C)CNC(=O)c2ccccc2)C[C@H](C)O1. The van der Waals surface area contributed by atoms with Crippen LogP contribution in [0.25, 0.3) is 0 Å². The second kappa shape index (κ2) is 6.58. The molecule has 21 heavy (non-hydrogen) atoms. The van der Waals surface area contributed by atoms with Gasteiger partial charge in [0.25, 0.3) is 5.91 Å². The number of morpholine rings is 1. The Balaban J connectivity index is 1.93. The number of carbonyl (C=O) groups is 1. The first kappa shape index (κ1) is 16.0. The van der Waals surface area contributed by atoms with Crippen LogP contribution in [0.1, 0.15) is 38.1 Å². The summed E-state index contributed by atoms with van der Waals surface area (Å²) < 4.78 is 5.78. The summed E-state index contributed by atoms with van der Waals surface area (Å²) in [5, 5.41) is 3.04. The minimum atomic E-state index is -0.0866. The smallest absolute Gasteiger partial charge is 0.251 e. The number of hydrogen-bond donors (Lipinski definition) is 1. The highest BCUT2D eigenvalue weighted by Crippen LogP contribution is 2.20. The van der Waals surface area contributed by atoms with Gasteiger partial charge in [-0.1, -0.05) is 18.2 Å². The number of nitrogens with one attached hydrogen (secondary N) is 1. The van der Waals surface area contributed by atoms with Crippen molar-refractivity contribution >= 4 is 5.91 Å². The summed E-state index contributed by atoms with van der Waals surface area (Å²) in [6, 6.07) is 9.34. The van der Waals surface area contributed by atoms with Gasteiger partial charge in [0.2, 0.25) is 0 Å². The summed E-state index contributed by atoms with van der Waals surface area (Å²) in [6.07, 6.45) is 0.468. The number of rotatable bonds is 4. The maximum absolute atomic E-state index is 12.1. The largest absolute Gasteiger partial charge is 0.373 e. The molecule has 4 nitrogen and oxygen atoms in total. The van der Waals surface area contributed by atoms with Gasteiger partial charge in [-0.2, -0.15) is 0 Å². The molecule has 116 valence electrons. The van der Waals surface area contributed by atoms with Gasteiger partial charge < -0.3 is 10.1 Å². The highest BCUT2D eigenvalue weighted by molar-refractivity contribution is 5.94. The molecule has 0 unspecified atom stereocenters. The van der Waals surface area contributed by atoms with E-state index in [1.807, 2.05) is 30.3 Å². The standard InChI is InChI=1S/C17H26N2O2/c1-13-10-19(11-14(2)21-13)17(3,4)12-18-16(20)15-8-6-5-7-9-15/h5-9,13-14H,10-12H2,1-4H3,(H,18,20)/t13-,14-/m0/s1. The van der Waals surface area contributed by atoms with Crippen LogP contribution in [0.4, 0.5) is 0 Å². The molecule has 0 saturated carbocycles. The second-order valence-corrected chi connectivity index (χ2v) is 6.52. The van der Waals surface area contributed by atoms with Gasteiger partial charge in [-0.05, 0) is 39.8 Å². The third-order valence-electron chi connectivity index (χ3n) is 3.99. The highest BCUT2D eigenvalue weighted by Gasteiger charge is 2.33. The van der Waals surface area contributed by atoms with Crippen molar-refractivity contribution in [3.63, 3.8) is 0 Å². The lowest BCUT2D eigenvalue weighted by atomic mass is 10.00. The Bertz CT molecular complexity index is 463. The molecular weight excluding hydrogens is 264 g/mol. The van der Waals surface area contributed by atoms with E-state index in [0.29, 0.717) is 12.1 Å². The Hall–Kier alpha value is -1.39. The maximum atomic E-state index is 12.1. The van der Waals surface area contributed by atoms with E-state index >= 15 is 0 Å². The van der Waals surface area contributed by atoms with Crippen LogP contribution in [0.2, 0.25) is 0 Å². The summed E-state index contributed by atoms with van der Waals surface area (Å²) in [7, 11) is 0. The fourth-order valence-electron chi connectivity index (χ4n) is 2.77. The molecule has 1 aromatic rings. The number of benzene rings is 1. The van der Waals surface area contributed by atoms with Crippen LogP contribution in [-0.2, 0) is 4.74 Å². The first-order valence-corrected chi connectivity index (χ1v) is 7.62. The van der Waals surface area contributed by atoms with Crippen molar-refractivity contribution < 1.29 is 9.53 Å². The fourth-order valence-corrected chi connectivity index (χ4v) is 2.77. The minimum Gasteiger partial charge on any atom is -0.373 e. The molecule has 0 spiro atoms. The Labute approximate surface area is 127 Å². The van der Waals surface area contributed by atoms with E-state index in [1.165, 1.54) is 0 Å². The first-order chi connectivity index (χ1) is 9.88. The zero-order valence-corrected chi connectivity index (χ0v) is 13.4. The molecule has 1 fully saturated rings. The molecule has 0 aliphatic carbocycles. The molecule has 1 N–H and O–H groups in total. The van der Waals surface area contributed by atoms with E-state index in [4.69, 9.17) is 4.74 Å². The minimum absolute atomic E-state index is 0.0157. The quantitative estimate of drug-likeness (QED) is 0.925. The van der Waals surface area contributed by atoms with Gasteiger partial charge in [-0.3, -0.25) is 9.69 Å². The van der Waals surface area contributed by atoms with Crippen LogP contribution < -0.4 is 5.32 Å². The van der Waals surface area contributed by atoms with E-state index in [0.717, 1.165) is 13.1 Å². The number of nitrogens with zero attached hydrogens (tertiary/aromatic N) is 1. The van der Waals surface area contributed by atoms with Gasteiger partial charge in [0.15, 0.2) is 0 Å². The highest BCUT2D eigenvalue weighted by atomic mass is 16.5. The number of ether oxygens (including phenoxy) is 1. The second-order valence-electron chi connectivity index (χ2n) is 6.52. The van der Waals surface area contributed by atoms with Crippen LogP contribution >= 0.6 is 0 Å². The molecule has 2 atom stereocenters. The van der Waals surface area contributed by atoms with E-state index in [9.17, 15) is 4.79 Å². The molecule has 1 amide bonds. The third kappa shape index (κ3) is 4.29. The van der Waals surface area contributed by atoms with Crippen molar-refractivity contribution in [2.45, 2.75) is 45.4 Å². The Morgan fingerprint density at radius 2 is 1.81 bits per heavy atom. The van der Waals surface area contributed by atoms with Crippen LogP contribution in [-0.4, -0.2) is 48.2 Å². The number of hydrogen-bond acceptors (Lipinski definition) is 3. The van der Waals surface area contributed by atoms with Crippen molar-refractivity contribution in [3.8, 4) is 0 Å². The molecule has 2 rings (SSSR count). The molecular formula is C17H26N2O2. The number of amides is 1. The lowest BCUT2D eigenvalue weighted by Crippen LogP contribution is -2.58. The van der Waals surface area contributed by atoms with Crippen molar-refractivity contribution in [2.75, 3.05) is 19.6 Å². The van der Waals surface area contributed by atoms with Gasteiger partial charge in [-0.25, -0.2) is 0 Å². The topological polar surface area (TPSA) is 41.6 Å². The molecule has 0 bridgehead atoms. The number of carbonyl (C=O) groups excluding carboxylic acids is 1. The van der Waals surface area contributed by atoms with Gasteiger partial charge >= 0.3 is 0 Å². The summed E-state index contributed by atoms with van der Waals surface area (Å²) >= 11 is 0.